The van der Waals surface area contributed by atoms with Gasteiger partial charge in [0.25, 0.3) is 0 Å². The first-order valence-corrected chi connectivity index (χ1v) is 6.20. The van der Waals surface area contributed by atoms with Crippen molar-refractivity contribution in [3.63, 3.8) is 0 Å². The van der Waals surface area contributed by atoms with Crippen LogP contribution in [0.1, 0.15) is 11.1 Å². The predicted octanol–water partition coefficient (Wildman–Crippen LogP) is 1.51. The molecule has 2 N–H and O–H groups in total. The number of benzene rings is 1. The average molecular weight is 261 g/mol. The highest BCUT2D eigenvalue weighted by atomic mass is 16.5. The van der Waals surface area contributed by atoms with Crippen LogP contribution in [-0.4, -0.2) is 23.5 Å². The fourth-order valence-electron chi connectivity index (χ4n) is 1.86. The van der Waals surface area contributed by atoms with Gasteiger partial charge in [-0.3, -0.25) is 4.68 Å². The number of aromatic nitrogens is 2. The van der Waals surface area contributed by atoms with Crippen LogP contribution in [0.25, 0.3) is 0 Å². The van der Waals surface area contributed by atoms with E-state index in [1.807, 2.05) is 37.6 Å². The molecule has 1 aromatic carbocycles. The Morgan fingerprint density at radius 1 is 1.37 bits per heavy atom. The number of rotatable bonds is 6. The van der Waals surface area contributed by atoms with Gasteiger partial charge in [0, 0.05) is 31.8 Å². The molecule has 19 heavy (non-hydrogen) atoms. The summed E-state index contributed by atoms with van der Waals surface area (Å²) in [6.07, 6.45) is 4.66. The summed E-state index contributed by atoms with van der Waals surface area (Å²) in [6.45, 7) is 1.03. The molecular formula is C14H19N3O2. The van der Waals surface area contributed by atoms with E-state index in [9.17, 15) is 0 Å². The molecule has 102 valence electrons. The molecule has 0 aliphatic carbocycles. The van der Waals surface area contributed by atoms with Gasteiger partial charge in [-0.05, 0) is 23.8 Å². The van der Waals surface area contributed by atoms with Gasteiger partial charge in [-0.25, -0.2) is 0 Å². The number of ether oxygens (including phenoxy) is 2. The first-order valence-electron chi connectivity index (χ1n) is 6.20. The number of nitrogens with two attached hydrogens (primary N) is 1. The number of aryl methyl sites for hydroxylation is 1. The summed E-state index contributed by atoms with van der Waals surface area (Å²) < 4.78 is 12.7. The molecule has 0 atom stereocenters. The van der Waals surface area contributed by atoms with Crippen molar-refractivity contribution >= 4 is 0 Å². The predicted molar refractivity (Wildman–Crippen MR) is 73.3 cm³/mol. The SMILES string of the molecule is COc1ccc(OCCc2cnn(C)c2)c(CN)c1. The maximum Gasteiger partial charge on any atom is 0.124 e. The first kappa shape index (κ1) is 13.4. The van der Waals surface area contributed by atoms with Gasteiger partial charge in [-0.1, -0.05) is 0 Å². The third kappa shape index (κ3) is 3.48. The molecule has 1 aromatic heterocycles. The molecule has 5 nitrogen and oxygen atoms in total. The van der Waals surface area contributed by atoms with Crippen LogP contribution >= 0.6 is 0 Å². The molecule has 0 spiro atoms. The summed E-state index contributed by atoms with van der Waals surface area (Å²) in [5, 5.41) is 4.12. The van der Waals surface area contributed by atoms with Gasteiger partial charge < -0.3 is 15.2 Å². The third-order valence-electron chi connectivity index (χ3n) is 2.89. The zero-order valence-corrected chi connectivity index (χ0v) is 11.3. The lowest BCUT2D eigenvalue weighted by molar-refractivity contribution is 0.317. The van der Waals surface area contributed by atoms with Crippen LogP contribution < -0.4 is 15.2 Å². The lowest BCUT2D eigenvalue weighted by Crippen LogP contribution is -2.06. The molecule has 0 aliphatic rings. The van der Waals surface area contributed by atoms with Crippen LogP contribution in [-0.2, 0) is 20.0 Å². The van der Waals surface area contributed by atoms with Crippen LogP contribution in [0.4, 0.5) is 0 Å². The highest BCUT2D eigenvalue weighted by molar-refractivity contribution is 5.40. The Kier molecular flexibility index (Phi) is 4.41. The van der Waals surface area contributed by atoms with Crippen molar-refractivity contribution in [2.45, 2.75) is 13.0 Å². The Balaban J connectivity index is 1.95. The van der Waals surface area contributed by atoms with Gasteiger partial charge in [-0.15, -0.1) is 0 Å². The van der Waals surface area contributed by atoms with E-state index in [4.69, 9.17) is 15.2 Å². The first-order chi connectivity index (χ1) is 9.22. The number of methoxy groups -OCH3 is 1. The molecule has 0 saturated heterocycles. The minimum Gasteiger partial charge on any atom is -0.497 e. The van der Waals surface area contributed by atoms with Crippen LogP contribution in [0.15, 0.2) is 30.6 Å². The van der Waals surface area contributed by atoms with E-state index in [0.29, 0.717) is 13.2 Å². The van der Waals surface area contributed by atoms with E-state index in [2.05, 4.69) is 5.10 Å². The fraction of sp³-hybridized carbons (Fsp3) is 0.357. The molecule has 0 radical (unpaired) electrons. The monoisotopic (exact) mass is 261 g/mol. The molecule has 1 heterocycles. The Morgan fingerprint density at radius 3 is 2.84 bits per heavy atom. The lowest BCUT2D eigenvalue weighted by Gasteiger charge is -2.11. The molecule has 2 rings (SSSR count). The Morgan fingerprint density at radius 2 is 2.21 bits per heavy atom. The van der Waals surface area contributed by atoms with Crippen LogP contribution in [0.5, 0.6) is 11.5 Å². The van der Waals surface area contributed by atoms with E-state index in [0.717, 1.165) is 29.0 Å². The molecule has 0 amide bonds. The normalized spacial score (nSPS) is 10.5. The second kappa shape index (κ2) is 6.24. The lowest BCUT2D eigenvalue weighted by atomic mass is 10.2. The number of hydrogen-bond acceptors (Lipinski definition) is 4. The minimum absolute atomic E-state index is 0.430. The summed E-state index contributed by atoms with van der Waals surface area (Å²) in [6, 6.07) is 5.67. The molecule has 0 unspecified atom stereocenters. The van der Waals surface area contributed by atoms with Gasteiger partial charge in [0.05, 0.1) is 19.9 Å². The van der Waals surface area contributed by atoms with Crippen molar-refractivity contribution in [3.05, 3.63) is 41.7 Å². The van der Waals surface area contributed by atoms with Crippen molar-refractivity contribution < 1.29 is 9.47 Å². The largest absolute Gasteiger partial charge is 0.497 e. The van der Waals surface area contributed by atoms with Gasteiger partial charge in [-0.2, -0.15) is 5.10 Å². The van der Waals surface area contributed by atoms with Crippen molar-refractivity contribution in [2.24, 2.45) is 12.8 Å². The van der Waals surface area contributed by atoms with E-state index in [-0.39, 0.29) is 0 Å². The molecule has 5 heteroatoms. The summed E-state index contributed by atoms with van der Waals surface area (Å²) in [4.78, 5) is 0. The molecule has 0 bridgehead atoms. The van der Waals surface area contributed by atoms with Crippen LogP contribution in [0.3, 0.4) is 0 Å². The second-order valence-electron chi connectivity index (χ2n) is 4.30. The number of nitrogens with zero attached hydrogens (tertiary/aromatic N) is 2. The van der Waals surface area contributed by atoms with E-state index >= 15 is 0 Å². The second-order valence-corrected chi connectivity index (χ2v) is 4.30. The minimum atomic E-state index is 0.430. The molecule has 0 saturated carbocycles. The fourth-order valence-corrected chi connectivity index (χ4v) is 1.86. The average Bonchev–Trinajstić information content (AvgIpc) is 2.84. The summed E-state index contributed by atoms with van der Waals surface area (Å²) in [5.41, 5.74) is 7.82. The van der Waals surface area contributed by atoms with Crippen LogP contribution in [0.2, 0.25) is 0 Å². The highest BCUT2D eigenvalue weighted by Gasteiger charge is 2.05. The van der Waals surface area contributed by atoms with Crippen molar-refractivity contribution in [1.82, 2.24) is 9.78 Å². The molecule has 0 fully saturated rings. The van der Waals surface area contributed by atoms with Gasteiger partial charge in [0.15, 0.2) is 0 Å². The zero-order valence-electron chi connectivity index (χ0n) is 11.3. The van der Waals surface area contributed by atoms with Gasteiger partial charge >= 0.3 is 0 Å². The Hall–Kier alpha value is -2.01. The quantitative estimate of drug-likeness (QED) is 0.856. The Labute approximate surface area is 112 Å². The van der Waals surface area contributed by atoms with Crippen molar-refractivity contribution in [2.75, 3.05) is 13.7 Å². The van der Waals surface area contributed by atoms with Gasteiger partial charge in [0.2, 0.25) is 0 Å². The molecular weight excluding hydrogens is 242 g/mol. The zero-order chi connectivity index (χ0) is 13.7. The summed E-state index contributed by atoms with van der Waals surface area (Å²) in [7, 11) is 3.54. The van der Waals surface area contributed by atoms with E-state index in [1.165, 1.54) is 0 Å². The molecule has 0 aliphatic heterocycles. The van der Waals surface area contributed by atoms with Gasteiger partial charge in [0.1, 0.15) is 11.5 Å². The maximum absolute atomic E-state index is 5.77. The van der Waals surface area contributed by atoms with E-state index < -0.39 is 0 Å². The number of hydrogen-bond donors (Lipinski definition) is 1. The highest BCUT2D eigenvalue weighted by Crippen LogP contribution is 2.23. The third-order valence-corrected chi connectivity index (χ3v) is 2.89. The van der Waals surface area contributed by atoms with Crippen LogP contribution in [0, 0.1) is 0 Å². The van der Waals surface area contributed by atoms with Crippen molar-refractivity contribution in [3.8, 4) is 11.5 Å². The van der Waals surface area contributed by atoms with E-state index in [1.54, 1.807) is 11.8 Å². The summed E-state index contributed by atoms with van der Waals surface area (Å²) in [5.74, 6) is 1.60. The Bertz CT molecular complexity index is 537. The smallest absolute Gasteiger partial charge is 0.124 e. The summed E-state index contributed by atoms with van der Waals surface area (Å²) >= 11 is 0. The topological polar surface area (TPSA) is 62.3 Å². The molecule has 2 aromatic rings. The van der Waals surface area contributed by atoms with Crippen molar-refractivity contribution in [1.29, 1.82) is 0 Å². The standard InChI is InChI=1S/C14H19N3O2/c1-17-10-11(9-16-17)5-6-19-14-4-3-13(18-2)7-12(14)8-15/h3-4,7,9-10H,5-6,8,15H2,1-2H3. The maximum atomic E-state index is 5.77.